The molecule has 1 N–H and O–H groups in total. The van der Waals surface area contributed by atoms with Gasteiger partial charge in [-0.05, 0) is 43.3 Å². The Morgan fingerprint density at radius 1 is 0.929 bits per heavy atom. The van der Waals surface area contributed by atoms with E-state index in [-0.39, 0.29) is 17.1 Å². The second kappa shape index (κ2) is 7.99. The van der Waals surface area contributed by atoms with Gasteiger partial charge in [0.05, 0.1) is 5.56 Å². The molecule has 3 rings (SSSR count). The molecule has 0 aliphatic heterocycles. The maximum Gasteiger partial charge on any atom is 0.375 e. The lowest BCUT2D eigenvalue weighted by Gasteiger charge is -2.13. The molecule has 0 aliphatic carbocycles. The second-order valence-electron chi connectivity index (χ2n) is 5.78. The van der Waals surface area contributed by atoms with Crippen molar-refractivity contribution < 1.29 is 31.9 Å². The average Bonchev–Trinajstić information content (AvgIpc) is 3.15. The molecule has 0 fully saturated rings. The summed E-state index contributed by atoms with van der Waals surface area (Å²) in [5.74, 6) is -4.53. The van der Waals surface area contributed by atoms with Crippen LogP contribution in [0.3, 0.4) is 0 Å². The molecular formula is C20H14F3NO4. The Bertz CT molecular complexity index is 1010. The second-order valence-corrected chi connectivity index (χ2v) is 5.78. The van der Waals surface area contributed by atoms with Gasteiger partial charge in [-0.3, -0.25) is 4.79 Å². The Hall–Kier alpha value is -3.55. The number of furan rings is 1. The van der Waals surface area contributed by atoms with Crippen molar-refractivity contribution in [3.8, 4) is 11.3 Å². The standard InChI is InChI=1S/C20H14F3NO4/c1-11(19(25)24-18-14(22)7-4-8-15(18)23)27-20(26)17-10-9-16(28-17)12-5-2-3-6-13(12)21/h2-11H,1H3,(H,24,25)/t11-/m0/s1. The van der Waals surface area contributed by atoms with Crippen molar-refractivity contribution in [1.82, 2.24) is 0 Å². The molecule has 0 saturated carbocycles. The summed E-state index contributed by atoms with van der Waals surface area (Å²) in [4.78, 5) is 24.2. The van der Waals surface area contributed by atoms with Crippen LogP contribution in [0.5, 0.6) is 0 Å². The smallest absolute Gasteiger partial charge is 0.375 e. The molecule has 144 valence electrons. The Labute approximate surface area is 157 Å². The van der Waals surface area contributed by atoms with E-state index < -0.39 is 41.1 Å². The number of hydrogen-bond acceptors (Lipinski definition) is 4. The van der Waals surface area contributed by atoms with Gasteiger partial charge in [0.2, 0.25) is 5.76 Å². The first-order valence-electron chi connectivity index (χ1n) is 8.17. The van der Waals surface area contributed by atoms with E-state index in [1.54, 1.807) is 6.07 Å². The highest BCUT2D eigenvalue weighted by atomic mass is 19.1. The van der Waals surface area contributed by atoms with Crippen LogP contribution in [0.1, 0.15) is 17.5 Å². The topological polar surface area (TPSA) is 68.5 Å². The number of rotatable bonds is 5. The van der Waals surface area contributed by atoms with Gasteiger partial charge in [0.15, 0.2) is 6.10 Å². The van der Waals surface area contributed by atoms with Gasteiger partial charge in [0.25, 0.3) is 5.91 Å². The summed E-state index contributed by atoms with van der Waals surface area (Å²) in [6.45, 7) is 1.23. The Morgan fingerprint density at radius 2 is 1.57 bits per heavy atom. The van der Waals surface area contributed by atoms with Gasteiger partial charge < -0.3 is 14.5 Å². The van der Waals surface area contributed by atoms with E-state index in [0.29, 0.717) is 0 Å². The summed E-state index contributed by atoms with van der Waals surface area (Å²) >= 11 is 0. The fourth-order valence-corrected chi connectivity index (χ4v) is 2.37. The lowest BCUT2D eigenvalue weighted by molar-refractivity contribution is -0.123. The molecule has 3 aromatic rings. The van der Waals surface area contributed by atoms with E-state index in [0.717, 1.165) is 18.2 Å². The molecule has 0 aliphatic rings. The van der Waals surface area contributed by atoms with Crippen LogP contribution in [0.15, 0.2) is 59.0 Å². The van der Waals surface area contributed by atoms with Crippen LogP contribution in [-0.2, 0) is 9.53 Å². The molecule has 1 heterocycles. The molecule has 1 aromatic heterocycles. The van der Waals surface area contributed by atoms with Crippen LogP contribution < -0.4 is 5.32 Å². The summed E-state index contributed by atoms with van der Waals surface area (Å²) in [6, 6.07) is 11.6. The minimum atomic E-state index is -1.37. The monoisotopic (exact) mass is 389 g/mol. The number of halogens is 3. The molecule has 0 saturated heterocycles. The lowest BCUT2D eigenvalue weighted by Crippen LogP contribution is -2.30. The van der Waals surface area contributed by atoms with E-state index in [9.17, 15) is 22.8 Å². The zero-order valence-electron chi connectivity index (χ0n) is 14.5. The number of esters is 1. The average molecular weight is 389 g/mol. The van der Waals surface area contributed by atoms with Gasteiger partial charge in [-0.25, -0.2) is 18.0 Å². The molecular weight excluding hydrogens is 375 g/mol. The van der Waals surface area contributed by atoms with Crippen molar-refractivity contribution in [3.63, 3.8) is 0 Å². The lowest BCUT2D eigenvalue weighted by atomic mass is 10.1. The Kier molecular flexibility index (Phi) is 5.49. The summed E-state index contributed by atoms with van der Waals surface area (Å²) in [5.41, 5.74) is -0.488. The number of amides is 1. The molecule has 0 unspecified atom stereocenters. The molecule has 0 spiro atoms. The molecule has 28 heavy (non-hydrogen) atoms. The molecule has 1 atom stereocenters. The highest BCUT2D eigenvalue weighted by Crippen LogP contribution is 2.25. The summed E-state index contributed by atoms with van der Waals surface area (Å²) in [5, 5.41) is 2.03. The maximum atomic E-state index is 13.8. The third-order valence-corrected chi connectivity index (χ3v) is 3.81. The van der Waals surface area contributed by atoms with Gasteiger partial charge in [-0.1, -0.05) is 18.2 Å². The van der Waals surface area contributed by atoms with Crippen LogP contribution in [0.4, 0.5) is 18.9 Å². The number of nitrogens with one attached hydrogen (secondary N) is 1. The normalized spacial score (nSPS) is 11.7. The van der Waals surface area contributed by atoms with Crippen LogP contribution in [0, 0.1) is 17.5 Å². The number of carbonyl (C=O) groups is 2. The van der Waals surface area contributed by atoms with Crippen molar-refractivity contribution >= 4 is 17.6 Å². The maximum absolute atomic E-state index is 13.8. The zero-order valence-corrected chi connectivity index (χ0v) is 14.5. The predicted molar refractivity (Wildman–Crippen MR) is 94.0 cm³/mol. The third-order valence-electron chi connectivity index (χ3n) is 3.81. The van der Waals surface area contributed by atoms with Crippen molar-refractivity contribution in [3.05, 3.63) is 77.8 Å². The number of carbonyl (C=O) groups excluding carboxylic acids is 2. The van der Waals surface area contributed by atoms with Crippen molar-refractivity contribution in [2.45, 2.75) is 13.0 Å². The van der Waals surface area contributed by atoms with E-state index in [4.69, 9.17) is 9.15 Å². The van der Waals surface area contributed by atoms with Crippen LogP contribution in [0.25, 0.3) is 11.3 Å². The van der Waals surface area contributed by atoms with Gasteiger partial charge in [-0.15, -0.1) is 0 Å². The van der Waals surface area contributed by atoms with Gasteiger partial charge >= 0.3 is 5.97 Å². The first-order chi connectivity index (χ1) is 13.4. The number of anilines is 1. The largest absolute Gasteiger partial charge is 0.449 e. The minimum Gasteiger partial charge on any atom is -0.449 e. The third kappa shape index (κ3) is 4.06. The number of para-hydroxylation sites is 1. The first kappa shape index (κ1) is 19.2. The van der Waals surface area contributed by atoms with E-state index in [2.05, 4.69) is 0 Å². The Balaban J connectivity index is 1.68. The molecule has 2 aromatic carbocycles. The fraction of sp³-hybridized carbons (Fsp3) is 0.100. The number of benzene rings is 2. The van der Waals surface area contributed by atoms with Gasteiger partial charge in [0.1, 0.15) is 28.9 Å². The highest BCUT2D eigenvalue weighted by molar-refractivity contribution is 5.96. The Morgan fingerprint density at radius 3 is 2.25 bits per heavy atom. The molecule has 8 heteroatoms. The van der Waals surface area contributed by atoms with Gasteiger partial charge in [-0.2, -0.15) is 0 Å². The fourth-order valence-electron chi connectivity index (χ4n) is 2.37. The van der Waals surface area contributed by atoms with Crippen molar-refractivity contribution in [1.29, 1.82) is 0 Å². The summed E-state index contributed by atoms with van der Waals surface area (Å²) in [6.07, 6.45) is -1.37. The van der Waals surface area contributed by atoms with Crippen LogP contribution in [0.2, 0.25) is 0 Å². The molecule has 5 nitrogen and oxygen atoms in total. The number of hydrogen-bond donors (Lipinski definition) is 1. The molecule has 0 bridgehead atoms. The SMILES string of the molecule is C[C@H](OC(=O)c1ccc(-c2ccccc2F)o1)C(=O)Nc1c(F)cccc1F. The molecule has 1 amide bonds. The minimum absolute atomic E-state index is 0.107. The highest BCUT2D eigenvalue weighted by Gasteiger charge is 2.23. The number of ether oxygens (including phenoxy) is 1. The van der Waals surface area contributed by atoms with Crippen molar-refractivity contribution in [2.24, 2.45) is 0 Å². The van der Waals surface area contributed by atoms with Gasteiger partial charge in [0, 0.05) is 0 Å². The van der Waals surface area contributed by atoms with E-state index >= 15 is 0 Å². The summed E-state index contributed by atoms with van der Waals surface area (Å²) < 4.78 is 51.2. The summed E-state index contributed by atoms with van der Waals surface area (Å²) in [7, 11) is 0. The van der Waals surface area contributed by atoms with E-state index in [1.807, 2.05) is 5.32 Å². The van der Waals surface area contributed by atoms with Crippen LogP contribution in [-0.4, -0.2) is 18.0 Å². The van der Waals surface area contributed by atoms with E-state index in [1.165, 1.54) is 37.3 Å². The zero-order chi connectivity index (χ0) is 20.3. The first-order valence-corrected chi connectivity index (χ1v) is 8.17. The van der Waals surface area contributed by atoms with Crippen molar-refractivity contribution in [2.75, 3.05) is 5.32 Å². The predicted octanol–water partition coefficient (Wildman–Crippen LogP) is 4.55. The quantitative estimate of drug-likeness (QED) is 0.650. The van der Waals surface area contributed by atoms with Crippen LogP contribution >= 0.6 is 0 Å². The molecule has 0 radical (unpaired) electrons.